The SMILES string of the molecule is Cn1cc(-c2ccccc2)cc1C(=O)NCc1ccc2c(c1)CN(C1CCC(=O)NC1=O)C2=O. The Kier molecular flexibility index (Phi) is 5.49. The van der Waals surface area contributed by atoms with Crippen LogP contribution in [0.5, 0.6) is 0 Å². The van der Waals surface area contributed by atoms with E-state index in [1.807, 2.05) is 61.8 Å². The average molecular weight is 457 g/mol. The number of amides is 4. The summed E-state index contributed by atoms with van der Waals surface area (Å²) in [4.78, 5) is 50.8. The summed E-state index contributed by atoms with van der Waals surface area (Å²) in [7, 11) is 1.84. The van der Waals surface area contributed by atoms with Crippen molar-refractivity contribution in [3.05, 3.63) is 83.2 Å². The van der Waals surface area contributed by atoms with Crippen LogP contribution >= 0.6 is 0 Å². The molecule has 34 heavy (non-hydrogen) atoms. The molecule has 172 valence electrons. The van der Waals surface area contributed by atoms with E-state index in [1.165, 1.54) is 4.90 Å². The lowest BCUT2D eigenvalue weighted by molar-refractivity contribution is -0.136. The highest BCUT2D eigenvalue weighted by Crippen LogP contribution is 2.28. The molecule has 1 atom stereocenters. The second kappa shape index (κ2) is 8.62. The third-order valence-corrected chi connectivity index (χ3v) is 6.39. The summed E-state index contributed by atoms with van der Waals surface area (Å²) in [5.41, 5.74) is 4.79. The summed E-state index contributed by atoms with van der Waals surface area (Å²) in [6, 6.07) is 16.5. The van der Waals surface area contributed by atoms with Gasteiger partial charge < -0.3 is 14.8 Å². The Morgan fingerprint density at radius 1 is 1.06 bits per heavy atom. The molecular formula is C26H24N4O4. The molecule has 8 nitrogen and oxygen atoms in total. The maximum Gasteiger partial charge on any atom is 0.268 e. The number of fused-ring (bicyclic) bond motifs is 1. The van der Waals surface area contributed by atoms with Crippen LogP contribution in [0.4, 0.5) is 0 Å². The van der Waals surface area contributed by atoms with Crippen LogP contribution in [0, 0.1) is 0 Å². The van der Waals surface area contributed by atoms with Crippen molar-refractivity contribution in [3.8, 4) is 11.1 Å². The van der Waals surface area contributed by atoms with Gasteiger partial charge in [0.2, 0.25) is 11.8 Å². The number of benzene rings is 2. The molecule has 5 rings (SSSR count). The summed E-state index contributed by atoms with van der Waals surface area (Å²) < 4.78 is 1.80. The van der Waals surface area contributed by atoms with Gasteiger partial charge >= 0.3 is 0 Å². The van der Waals surface area contributed by atoms with Crippen LogP contribution in [0.1, 0.15) is 44.8 Å². The van der Waals surface area contributed by atoms with Crippen molar-refractivity contribution in [2.45, 2.75) is 32.0 Å². The molecule has 2 aromatic carbocycles. The smallest absolute Gasteiger partial charge is 0.268 e. The van der Waals surface area contributed by atoms with Gasteiger partial charge in [-0.1, -0.05) is 42.5 Å². The number of rotatable bonds is 5. The van der Waals surface area contributed by atoms with Gasteiger partial charge in [-0.15, -0.1) is 0 Å². The molecule has 0 aliphatic carbocycles. The quantitative estimate of drug-likeness (QED) is 0.576. The third-order valence-electron chi connectivity index (χ3n) is 6.39. The van der Waals surface area contributed by atoms with E-state index in [0.717, 1.165) is 22.3 Å². The number of piperidine rings is 1. The minimum atomic E-state index is -0.642. The molecule has 0 saturated carbocycles. The summed E-state index contributed by atoms with van der Waals surface area (Å²) >= 11 is 0. The van der Waals surface area contributed by atoms with Gasteiger partial charge in [0, 0.05) is 43.9 Å². The zero-order valence-corrected chi connectivity index (χ0v) is 18.7. The van der Waals surface area contributed by atoms with Gasteiger partial charge in [-0.25, -0.2) is 0 Å². The molecule has 3 aromatic rings. The van der Waals surface area contributed by atoms with Gasteiger partial charge in [0.25, 0.3) is 11.8 Å². The van der Waals surface area contributed by atoms with E-state index >= 15 is 0 Å². The van der Waals surface area contributed by atoms with Gasteiger partial charge in [-0.05, 0) is 35.2 Å². The lowest BCUT2D eigenvalue weighted by atomic mass is 10.0. The maximum absolute atomic E-state index is 12.8. The molecule has 1 unspecified atom stereocenters. The van der Waals surface area contributed by atoms with Crippen LogP contribution in [0.2, 0.25) is 0 Å². The van der Waals surface area contributed by atoms with E-state index in [1.54, 1.807) is 10.6 Å². The second-order valence-electron chi connectivity index (χ2n) is 8.67. The third kappa shape index (κ3) is 3.98. The van der Waals surface area contributed by atoms with Gasteiger partial charge in [-0.3, -0.25) is 24.5 Å². The topological polar surface area (TPSA) is 101 Å². The number of imide groups is 1. The molecule has 2 aliphatic rings. The Morgan fingerprint density at radius 3 is 2.62 bits per heavy atom. The number of hydrogen-bond donors (Lipinski definition) is 2. The summed E-state index contributed by atoms with van der Waals surface area (Å²) in [6.45, 7) is 0.616. The molecule has 8 heteroatoms. The van der Waals surface area contributed by atoms with Crippen LogP contribution in [-0.2, 0) is 29.7 Å². The minimum absolute atomic E-state index is 0.188. The Labute approximate surface area is 196 Å². The fourth-order valence-electron chi connectivity index (χ4n) is 4.59. The normalized spacial score (nSPS) is 17.5. The van der Waals surface area contributed by atoms with E-state index in [2.05, 4.69) is 10.6 Å². The van der Waals surface area contributed by atoms with Gasteiger partial charge in [0.1, 0.15) is 11.7 Å². The van der Waals surface area contributed by atoms with Crippen LogP contribution < -0.4 is 10.6 Å². The summed E-state index contributed by atoms with van der Waals surface area (Å²) in [6.07, 6.45) is 2.47. The van der Waals surface area contributed by atoms with E-state index in [4.69, 9.17) is 0 Å². The monoisotopic (exact) mass is 456 g/mol. The van der Waals surface area contributed by atoms with Crippen molar-refractivity contribution >= 4 is 23.6 Å². The molecule has 1 aromatic heterocycles. The first-order chi connectivity index (χ1) is 16.4. The molecule has 2 aliphatic heterocycles. The van der Waals surface area contributed by atoms with Crippen molar-refractivity contribution in [3.63, 3.8) is 0 Å². The first kappa shape index (κ1) is 21.6. The predicted octanol–water partition coefficient (Wildman–Crippen LogP) is 2.38. The van der Waals surface area contributed by atoms with Crippen molar-refractivity contribution in [2.24, 2.45) is 7.05 Å². The molecule has 0 bridgehead atoms. The maximum atomic E-state index is 12.8. The fraction of sp³-hybridized carbons (Fsp3) is 0.231. The number of nitrogens with one attached hydrogen (secondary N) is 2. The Balaban J connectivity index is 1.26. The standard InChI is InChI=1S/C26H24N4O4/c1-29-14-18(17-5-3-2-4-6-17)12-22(29)24(32)27-13-16-7-8-20-19(11-16)15-30(26(20)34)21-9-10-23(31)28-25(21)33/h2-8,11-12,14,21H,9-10,13,15H2,1H3,(H,27,32)(H,28,31,33). The molecule has 3 heterocycles. The molecule has 1 fully saturated rings. The highest BCUT2D eigenvalue weighted by atomic mass is 16.2. The van der Waals surface area contributed by atoms with E-state index in [-0.39, 0.29) is 24.1 Å². The van der Waals surface area contributed by atoms with Crippen molar-refractivity contribution < 1.29 is 19.2 Å². The lowest BCUT2D eigenvalue weighted by Gasteiger charge is -2.29. The first-order valence-electron chi connectivity index (χ1n) is 11.2. The zero-order valence-electron chi connectivity index (χ0n) is 18.7. The fourth-order valence-corrected chi connectivity index (χ4v) is 4.59. The average Bonchev–Trinajstić information content (AvgIpc) is 3.38. The number of carbonyl (C=O) groups is 4. The predicted molar refractivity (Wildman–Crippen MR) is 125 cm³/mol. The van der Waals surface area contributed by atoms with Crippen LogP contribution in [0.3, 0.4) is 0 Å². The number of nitrogens with zero attached hydrogens (tertiary/aromatic N) is 2. The Bertz CT molecular complexity index is 1310. The number of hydrogen-bond acceptors (Lipinski definition) is 4. The largest absolute Gasteiger partial charge is 0.347 e. The van der Waals surface area contributed by atoms with Crippen molar-refractivity contribution in [1.29, 1.82) is 0 Å². The lowest BCUT2D eigenvalue weighted by Crippen LogP contribution is -2.52. The zero-order chi connectivity index (χ0) is 23.8. The second-order valence-corrected chi connectivity index (χ2v) is 8.67. The van der Waals surface area contributed by atoms with E-state index < -0.39 is 11.9 Å². The number of aryl methyl sites for hydroxylation is 1. The van der Waals surface area contributed by atoms with Crippen LogP contribution in [-0.4, -0.2) is 39.1 Å². The van der Waals surface area contributed by atoms with E-state index in [0.29, 0.717) is 30.8 Å². The molecule has 0 radical (unpaired) electrons. The highest BCUT2D eigenvalue weighted by molar-refractivity contribution is 6.05. The molecule has 4 amide bonds. The molecule has 0 spiro atoms. The first-order valence-corrected chi connectivity index (χ1v) is 11.2. The highest BCUT2D eigenvalue weighted by Gasteiger charge is 2.39. The Morgan fingerprint density at radius 2 is 1.85 bits per heavy atom. The van der Waals surface area contributed by atoms with Crippen LogP contribution in [0.15, 0.2) is 60.8 Å². The van der Waals surface area contributed by atoms with Gasteiger partial charge in [0.15, 0.2) is 0 Å². The van der Waals surface area contributed by atoms with Crippen molar-refractivity contribution in [2.75, 3.05) is 0 Å². The van der Waals surface area contributed by atoms with Crippen molar-refractivity contribution in [1.82, 2.24) is 20.1 Å². The molecule has 1 saturated heterocycles. The van der Waals surface area contributed by atoms with E-state index in [9.17, 15) is 19.2 Å². The van der Waals surface area contributed by atoms with Gasteiger partial charge in [-0.2, -0.15) is 0 Å². The Hall–Kier alpha value is -4.20. The van der Waals surface area contributed by atoms with Gasteiger partial charge in [0.05, 0.1) is 0 Å². The minimum Gasteiger partial charge on any atom is -0.347 e. The molecule has 2 N–H and O–H groups in total. The summed E-state index contributed by atoms with van der Waals surface area (Å²) in [5.74, 6) is -1.14. The number of aromatic nitrogens is 1. The number of carbonyl (C=O) groups excluding carboxylic acids is 4. The molecular weight excluding hydrogens is 432 g/mol. The van der Waals surface area contributed by atoms with Crippen LogP contribution in [0.25, 0.3) is 11.1 Å². The summed E-state index contributed by atoms with van der Waals surface area (Å²) in [5, 5.41) is 5.26.